The highest BCUT2D eigenvalue weighted by Crippen LogP contribution is 2.42. The van der Waals surface area contributed by atoms with Crippen LogP contribution in [0.25, 0.3) is 104 Å². The van der Waals surface area contributed by atoms with Gasteiger partial charge in [-0.15, -0.1) is 0 Å². The molecule has 0 radical (unpaired) electrons. The Bertz CT molecular complexity index is 3900. The van der Waals surface area contributed by atoms with Crippen LogP contribution in [-0.2, 0) is 0 Å². The second-order valence-electron chi connectivity index (χ2n) is 16.9. The average molecular weight is 829 g/mol. The van der Waals surface area contributed by atoms with Crippen molar-refractivity contribution >= 4 is 82.4 Å². The smallest absolute Gasteiger partial charge is 0.136 e. The summed E-state index contributed by atoms with van der Waals surface area (Å²) in [4.78, 5) is 2.38. The Morgan fingerprint density at radius 2 is 0.862 bits per heavy atom. The number of hydrogen-bond acceptors (Lipinski definition) is 2. The van der Waals surface area contributed by atoms with Crippen molar-refractivity contribution in [2.75, 3.05) is 4.90 Å². The molecule has 2 heterocycles. The molecule has 0 amide bonds. The zero-order chi connectivity index (χ0) is 42.8. The molecule has 0 atom stereocenters. The zero-order valence-electron chi connectivity index (χ0n) is 35.4. The summed E-state index contributed by atoms with van der Waals surface area (Å²) in [6, 6.07) is 87.7. The van der Waals surface area contributed by atoms with Crippen molar-refractivity contribution < 1.29 is 4.42 Å². The molecule has 0 bridgehead atoms. The van der Waals surface area contributed by atoms with Gasteiger partial charge < -0.3 is 13.9 Å². The van der Waals surface area contributed by atoms with Crippen molar-refractivity contribution in [2.45, 2.75) is 0 Å². The second-order valence-corrected chi connectivity index (χ2v) is 16.9. The predicted molar refractivity (Wildman–Crippen MR) is 274 cm³/mol. The van der Waals surface area contributed by atoms with Gasteiger partial charge in [-0.05, 0) is 128 Å². The minimum atomic E-state index is 0.893. The first-order valence-electron chi connectivity index (χ1n) is 22.2. The highest BCUT2D eigenvalue weighted by molar-refractivity contribution is 6.13. The van der Waals surface area contributed by atoms with Gasteiger partial charge in [-0.1, -0.05) is 170 Å². The van der Waals surface area contributed by atoms with Crippen molar-refractivity contribution in [1.29, 1.82) is 0 Å². The number of rotatable bonds is 7. The molecule has 0 saturated carbocycles. The lowest BCUT2D eigenvalue weighted by atomic mass is 9.98. The van der Waals surface area contributed by atoms with Crippen LogP contribution in [0.1, 0.15) is 0 Å². The number of anilines is 3. The Morgan fingerprint density at radius 1 is 0.308 bits per heavy atom. The highest BCUT2D eigenvalue weighted by atomic mass is 16.3. The van der Waals surface area contributed by atoms with Gasteiger partial charge in [-0.25, -0.2) is 0 Å². The maximum Gasteiger partial charge on any atom is 0.136 e. The molecular formula is C62H40N2O. The van der Waals surface area contributed by atoms with Crippen LogP contribution in [0.15, 0.2) is 247 Å². The van der Waals surface area contributed by atoms with Gasteiger partial charge in [-0.3, -0.25) is 0 Å². The van der Waals surface area contributed by atoms with Crippen molar-refractivity contribution in [3.63, 3.8) is 0 Å². The molecule has 13 aromatic rings. The topological polar surface area (TPSA) is 21.3 Å². The van der Waals surface area contributed by atoms with Crippen LogP contribution in [0.5, 0.6) is 0 Å². The van der Waals surface area contributed by atoms with E-state index in [1.807, 2.05) is 12.1 Å². The molecule has 0 aliphatic carbocycles. The lowest BCUT2D eigenvalue weighted by Crippen LogP contribution is -2.10. The van der Waals surface area contributed by atoms with Gasteiger partial charge in [0.25, 0.3) is 0 Å². The molecule has 304 valence electrons. The molecule has 0 saturated heterocycles. The number of fused-ring (bicyclic) bond motifs is 9. The van der Waals surface area contributed by atoms with Crippen LogP contribution < -0.4 is 4.90 Å². The van der Waals surface area contributed by atoms with Crippen molar-refractivity contribution in [3.8, 4) is 39.1 Å². The molecule has 2 aromatic heterocycles. The predicted octanol–water partition coefficient (Wildman–Crippen LogP) is 17.5. The third-order valence-corrected chi connectivity index (χ3v) is 13.2. The number of furan rings is 1. The van der Waals surface area contributed by atoms with Gasteiger partial charge in [0.1, 0.15) is 11.2 Å². The fourth-order valence-electron chi connectivity index (χ4n) is 10.1. The van der Waals surface area contributed by atoms with E-state index in [0.29, 0.717) is 0 Å². The number of nitrogens with zero attached hydrogens (tertiary/aromatic N) is 2. The molecule has 11 aromatic carbocycles. The summed E-state index contributed by atoms with van der Waals surface area (Å²) in [6.45, 7) is 0. The molecule has 0 N–H and O–H groups in total. The minimum absolute atomic E-state index is 0.893. The summed E-state index contributed by atoms with van der Waals surface area (Å²) in [7, 11) is 0. The maximum absolute atomic E-state index is 6.31. The first-order chi connectivity index (χ1) is 32.2. The average Bonchev–Trinajstić information content (AvgIpc) is 3.93. The Balaban J connectivity index is 0.870. The molecule has 0 spiro atoms. The molecule has 13 rings (SSSR count). The van der Waals surface area contributed by atoms with E-state index in [2.05, 4.69) is 240 Å². The van der Waals surface area contributed by atoms with E-state index in [1.54, 1.807) is 0 Å². The van der Waals surface area contributed by atoms with E-state index in [1.165, 1.54) is 60.0 Å². The highest BCUT2D eigenvalue weighted by Gasteiger charge is 2.18. The molecule has 3 heteroatoms. The Morgan fingerprint density at radius 3 is 1.65 bits per heavy atom. The van der Waals surface area contributed by atoms with Crippen LogP contribution in [0.2, 0.25) is 0 Å². The zero-order valence-corrected chi connectivity index (χ0v) is 35.4. The van der Waals surface area contributed by atoms with Crippen LogP contribution in [-0.4, -0.2) is 4.57 Å². The Kier molecular flexibility index (Phi) is 8.53. The van der Waals surface area contributed by atoms with Crippen LogP contribution >= 0.6 is 0 Å². The van der Waals surface area contributed by atoms with Gasteiger partial charge in [-0.2, -0.15) is 0 Å². The fourth-order valence-corrected chi connectivity index (χ4v) is 10.1. The lowest BCUT2D eigenvalue weighted by molar-refractivity contribution is 0.669. The molecule has 3 nitrogen and oxygen atoms in total. The first kappa shape index (κ1) is 36.9. The number of aromatic nitrogens is 1. The standard InChI is InChI=1S/C62H40N2O/c1-2-17-52-44(12-1)30-31-47-40-51(36-37-53(47)52)63(49-15-10-14-46(39-49)54-21-11-25-61-62(54)57-20-5-8-24-60(57)65-61)48-34-32-42(33-35-48)41-26-28-43(29-27-41)45-13-9-16-50(38-45)64-58-22-6-3-18-55(58)56-19-4-7-23-59(56)64/h1-40H. The van der Waals surface area contributed by atoms with E-state index in [-0.39, 0.29) is 0 Å². The van der Waals surface area contributed by atoms with Gasteiger partial charge in [0, 0.05) is 44.3 Å². The third kappa shape index (κ3) is 6.20. The molecule has 65 heavy (non-hydrogen) atoms. The molecule has 0 unspecified atom stereocenters. The second kappa shape index (κ2) is 15.0. The molecule has 0 fully saturated rings. The van der Waals surface area contributed by atoms with E-state index in [9.17, 15) is 0 Å². The van der Waals surface area contributed by atoms with E-state index in [0.717, 1.165) is 61.4 Å². The number of hydrogen-bond donors (Lipinski definition) is 0. The van der Waals surface area contributed by atoms with Crippen LogP contribution in [0, 0.1) is 0 Å². The first-order valence-corrected chi connectivity index (χ1v) is 22.2. The van der Waals surface area contributed by atoms with Crippen LogP contribution in [0.4, 0.5) is 17.1 Å². The van der Waals surface area contributed by atoms with Crippen molar-refractivity contribution in [3.05, 3.63) is 243 Å². The van der Waals surface area contributed by atoms with Gasteiger partial charge in [0.15, 0.2) is 0 Å². The van der Waals surface area contributed by atoms with Gasteiger partial charge in [0.2, 0.25) is 0 Å². The lowest BCUT2D eigenvalue weighted by Gasteiger charge is -2.27. The quantitative estimate of drug-likeness (QED) is 0.149. The number of para-hydroxylation sites is 3. The summed E-state index contributed by atoms with van der Waals surface area (Å²) in [5.74, 6) is 0. The summed E-state index contributed by atoms with van der Waals surface area (Å²) in [6.07, 6.45) is 0. The van der Waals surface area contributed by atoms with E-state index < -0.39 is 0 Å². The monoisotopic (exact) mass is 828 g/mol. The van der Waals surface area contributed by atoms with E-state index in [4.69, 9.17) is 4.42 Å². The van der Waals surface area contributed by atoms with E-state index >= 15 is 0 Å². The fraction of sp³-hybridized carbons (Fsp3) is 0. The molecule has 0 aliphatic heterocycles. The van der Waals surface area contributed by atoms with Gasteiger partial charge >= 0.3 is 0 Å². The minimum Gasteiger partial charge on any atom is -0.456 e. The molecular weight excluding hydrogens is 789 g/mol. The maximum atomic E-state index is 6.31. The summed E-state index contributed by atoms with van der Waals surface area (Å²) in [5.41, 5.74) is 15.6. The SMILES string of the molecule is c1cc(-c2cccc3oc4ccccc4c23)cc(N(c2ccc(-c3ccc(-c4cccc(-n5c6ccccc6c6ccccc65)c4)cc3)cc2)c2ccc3c(ccc4ccccc43)c2)c1. The Hall–Kier alpha value is -8.66. The molecule has 0 aliphatic rings. The van der Waals surface area contributed by atoms with Crippen molar-refractivity contribution in [1.82, 2.24) is 4.57 Å². The third-order valence-electron chi connectivity index (χ3n) is 13.2. The van der Waals surface area contributed by atoms with Crippen LogP contribution in [0.3, 0.4) is 0 Å². The van der Waals surface area contributed by atoms with Crippen molar-refractivity contribution in [2.24, 2.45) is 0 Å². The van der Waals surface area contributed by atoms with Gasteiger partial charge in [0.05, 0.1) is 11.0 Å². The normalized spacial score (nSPS) is 11.7. The largest absolute Gasteiger partial charge is 0.456 e. The summed E-state index contributed by atoms with van der Waals surface area (Å²) in [5, 5.41) is 9.75. The number of benzene rings is 11. The Labute approximate surface area is 376 Å². The summed E-state index contributed by atoms with van der Waals surface area (Å²) < 4.78 is 8.69. The summed E-state index contributed by atoms with van der Waals surface area (Å²) >= 11 is 0.